The largest absolute Gasteiger partial charge is 0.352 e. The normalized spacial score (nSPS) is 15.1. The Labute approximate surface area is 174 Å². The maximum absolute atomic E-state index is 12.4. The van der Waals surface area contributed by atoms with E-state index in [1.807, 2.05) is 43.3 Å². The summed E-state index contributed by atoms with van der Waals surface area (Å²) >= 11 is 0. The molecule has 29 heavy (non-hydrogen) atoms. The van der Waals surface area contributed by atoms with Gasteiger partial charge in [-0.3, -0.25) is 9.10 Å². The maximum Gasteiger partial charge on any atom is 0.251 e. The van der Waals surface area contributed by atoms with E-state index in [9.17, 15) is 13.2 Å². The van der Waals surface area contributed by atoms with Crippen molar-refractivity contribution in [3.63, 3.8) is 0 Å². The molecule has 2 aromatic rings. The van der Waals surface area contributed by atoms with E-state index in [0.717, 1.165) is 17.7 Å². The Morgan fingerprint density at radius 1 is 1.03 bits per heavy atom. The Morgan fingerprint density at radius 3 is 2.31 bits per heavy atom. The van der Waals surface area contributed by atoms with Crippen molar-refractivity contribution in [2.24, 2.45) is 5.92 Å². The second-order valence-corrected chi connectivity index (χ2v) is 9.87. The van der Waals surface area contributed by atoms with Crippen LogP contribution in [-0.4, -0.2) is 27.1 Å². The van der Waals surface area contributed by atoms with E-state index >= 15 is 0 Å². The number of aryl methyl sites for hydroxylation is 1. The highest BCUT2D eigenvalue weighted by Crippen LogP contribution is 2.25. The Kier molecular flexibility index (Phi) is 6.96. The van der Waals surface area contributed by atoms with E-state index in [-0.39, 0.29) is 12.5 Å². The summed E-state index contributed by atoms with van der Waals surface area (Å²) in [5.74, 6) is 0.519. The number of nitrogens with zero attached hydrogens (tertiary/aromatic N) is 1. The van der Waals surface area contributed by atoms with Gasteiger partial charge in [0, 0.05) is 12.1 Å². The first-order valence-corrected chi connectivity index (χ1v) is 12.1. The van der Waals surface area contributed by atoms with E-state index in [2.05, 4.69) is 5.32 Å². The average Bonchev–Trinajstić information content (AvgIpc) is 2.71. The second-order valence-electron chi connectivity index (χ2n) is 7.97. The standard InChI is InChI=1S/C23H30N2O3S/c1-18-8-6-7-11-22(18)25(29(2,27)28)17-20-12-14-21(15-13-20)23(26)24-16-19-9-4-3-5-10-19/h6-8,11-15,19H,3-5,9-10,16-17H2,1-2H3,(H,24,26). The van der Waals surface area contributed by atoms with E-state index in [0.29, 0.717) is 17.2 Å². The van der Waals surface area contributed by atoms with Gasteiger partial charge in [0.1, 0.15) is 0 Å². The van der Waals surface area contributed by atoms with Crippen LogP contribution in [0.25, 0.3) is 0 Å². The summed E-state index contributed by atoms with van der Waals surface area (Å²) in [7, 11) is -3.43. The summed E-state index contributed by atoms with van der Waals surface area (Å²) in [6, 6.07) is 14.6. The Bertz CT molecular complexity index is 933. The van der Waals surface area contributed by atoms with Crippen LogP contribution in [0.4, 0.5) is 5.69 Å². The van der Waals surface area contributed by atoms with Gasteiger partial charge >= 0.3 is 0 Å². The topological polar surface area (TPSA) is 66.5 Å². The molecule has 0 unspecified atom stereocenters. The molecule has 1 aliphatic carbocycles. The van der Waals surface area contributed by atoms with Gasteiger partial charge in [-0.25, -0.2) is 8.42 Å². The number of para-hydroxylation sites is 1. The smallest absolute Gasteiger partial charge is 0.251 e. The minimum absolute atomic E-state index is 0.0685. The fourth-order valence-corrected chi connectivity index (χ4v) is 4.83. The van der Waals surface area contributed by atoms with Crippen molar-refractivity contribution in [1.29, 1.82) is 0 Å². The quantitative estimate of drug-likeness (QED) is 0.736. The third-order valence-corrected chi connectivity index (χ3v) is 6.73. The summed E-state index contributed by atoms with van der Waals surface area (Å²) < 4.78 is 26.1. The molecule has 6 heteroatoms. The SMILES string of the molecule is Cc1ccccc1N(Cc1ccc(C(=O)NCC2CCCCC2)cc1)S(C)(=O)=O. The molecule has 0 heterocycles. The molecule has 2 aromatic carbocycles. The number of sulfonamides is 1. The van der Waals surface area contributed by atoms with Crippen LogP contribution in [0.15, 0.2) is 48.5 Å². The van der Waals surface area contributed by atoms with Crippen molar-refractivity contribution >= 4 is 21.6 Å². The average molecular weight is 415 g/mol. The molecule has 5 nitrogen and oxygen atoms in total. The molecule has 1 fully saturated rings. The van der Waals surface area contributed by atoms with Crippen LogP contribution >= 0.6 is 0 Å². The van der Waals surface area contributed by atoms with E-state index in [4.69, 9.17) is 0 Å². The second kappa shape index (κ2) is 9.44. The van der Waals surface area contributed by atoms with Gasteiger partial charge in [0.15, 0.2) is 0 Å². The van der Waals surface area contributed by atoms with E-state index < -0.39 is 10.0 Å². The third-order valence-electron chi connectivity index (χ3n) is 5.60. The zero-order valence-electron chi connectivity index (χ0n) is 17.2. The highest BCUT2D eigenvalue weighted by atomic mass is 32.2. The minimum Gasteiger partial charge on any atom is -0.352 e. The van der Waals surface area contributed by atoms with Gasteiger partial charge in [-0.05, 0) is 55.0 Å². The Morgan fingerprint density at radius 2 is 1.69 bits per heavy atom. The molecule has 1 N–H and O–H groups in total. The van der Waals surface area contributed by atoms with E-state index in [1.165, 1.54) is 42.7 Å². The molecule has 0 bridgehead atoms. The minimum atomic E-state index is -3.43. The third kappa shape index (κ3) is 5.82. The van der Waals surface area contributed by atoms with Gasteiger partial charge in [-0.15, -0.1) is 0 Å². The molecular formula is C23H30N2O3S. The fraction of sp³-hybridized carbons (Fsp3) is 0.435. The molecule has 0 radical (unpaired) electrons. The van der Waals surface area contributed by atoms with Crippen molar-refractivity contribution in [2.45, 2.75) is 45.6 Å². The van der Waals surface area contributed by atoms with Crippen LogP contribution < -0.4 is 9.62 Å². The number of carbonyl (C=O) groups is 1. The van der Waals surface area contributed by atoms with Crippen LogP contribution in [0.2, 0.25) is 0 Å². The molecule has 1 amide bonds. The van der Waals surface area contributed by atoms with Gasteiger partial charge in [0.2, 0.25) is 10.0 Å². The number of amides is 1. The van der Waals surface area contributed by atoms with Crippen molar-refractivity contribution in [3.8, 4) is 0 Å². The van der Waals surface area contributed by atoms with Gasteiger partial charge in [0.25, 0.3) is 5.91 Å². The molecule has 0 saturated heterocycles. The lowest BCUT2D eigenvalue weighted by molar-refractivity contribution is 0.0943. The summed E-state index contributed by atoms with van der Waals surface area (Å²) in [5.41, 5.74) is 3.01. The van der Waals surface area contributed by atoms with Gasteiger partial charge < -0.3 is 5.32 Å². The summed E-state index contributed by atoms with van der Waals surface area (Å²) in [6.45, 7) is 2.86. The first kappa shape index (κ1) is 21.4. The molecule has 156 valence electrons. The number of benzene rings is 2. The van der Waals surface area contributed by atoms with Crippen molar-refractivity contribution in [2.75, 3.05) is 17.1 Å². The molecule has 0 aliphatic heterocycles. The number of nitrogens with one attached hydrogen (secondary N) is 1. The monoisotopic (exact) mass is 414 g/mol. The van der Waals surface area contributed by atoms with Crippen LogP contribution in [0, 0.1) is 12.8 Å². The lowest BCUT2D eigenvalue weighted by atomic mass is 9.89. The highest BCUT2D eigenvalue weighted by molar-refractivity contribution is 7.92. The highest BCUT2D eigenvalue weighted by Gasteiger charge is 2.20. The van der Waals surface area contributed by atoms with Gasteiger partial charge in [-0.1, -0.05) is 49.6 Å². The molecule has 1 aliphatic rings. The lowest BCUT2D eigenvalue weighted by Crippen LogP contribution is -2.30. The molecule has 0 atom stereocenters. The van der Waals surface area contributed by atoms with Crippen LogP contribution in [0.3, 0.4) is 0 Å². The Hall–Kier alpha value is -2.34. The Balaban J connectivity index is 1.67. The number of carbonyl (C=O) groups excluding carboxylic acids is 1. The molecule has 0 spiro atoms. The number of rotatable bonds is 7. The van der Waals surface area contributed by atoms with Crippen LogP contribution in [-0.2, 0) is 16.6 Å². The number of hydrogen-bond donors (Lipinski definition) is 1. The van der Waals surface area contributed by atoms with Crippen molar-refractivity contribution in [3.05, 3.63) is 65.2 Å². The van der Waals surface area contributed by atoms with Gasteiger partial charge in [-0.2, -0.15) is 0 Å². The first-order valence-electron chi connectivity index (χ1n) is 10.2. The maximum atomic E-state index is 12.4. The zero-order valence-corrected chi connectivity index (χ0v) is 18.0. The van der Waals surface area contributed by atoms with Crippen molar-refractivity contribution in [1.82, 2.24) is 5.32 Å². The number of hydrogen-bond acceptors (Lipinski definition) is 3. The molecule has 1 saturated carbocycles. The van der Waals surface area contributed by atoms with Crippen LogP contribution in [0.5, 0.6) is 0 Å². The van der Waals surface area contributed by atoms with Crippen molar-refractivity contribution < 1.29 is 13.2 Å². The predicted molar refractivity (Wildman–Crippen MR) is 118 cm³/mol. The summed E-state index contributed by atoms with van der Waals surface area (Å²) in [4.78, 5) is 12.4. The summed E-state index contributed by atoms with van der Waals surface area (Å²) in [6.07, 6.45) is 7.42. The summed E-state index contributed by atoms with van der Waals surface area (Å²) in [5, 5.41) is 3.04. The van der Waals surface area contributed by atoms with Gasteiger partial charge in [0.05, 0.1) is 18.5 Å². The number of anilines is 1. The fourth-order valence-electron chi connectivity index (χ4n) is 3.88. The zero-order chi connectivity index (χ0) is 20.9. The first-order chi connectivity index (χ1) is 13.8. The predicted octanol–water partition coefficient (Wildman–Crippen LogP) is 4.27. The molecule has 0 aromatic heterocycles. The molecule has 3 rings (SSSR count). The lowest BCUT2D eigenvalue weighted by Gasteiger charge is -2.24. The van der Waals surface area contributed by atoms with Crippen LogP contribution in [0.1, 0.15) is 53.6 Å². The molecular weight excluding hydrogens is 384 g/mol. The van der Waals surface area contributed by atoms with E-state index in [1.54, 1.807) is 12.1 Å².